The first-order valence-corrected chi connectivity index (χ1v) is 9.80. The smallest absolute Gasteiger partial charge is 0.338 e. The highest BCUT2D eigenvalue weighted by atomic mass is 32.1. The molecule has 0 aromatic carbocycles. The number of fused-ring (bicyclic) bond motifs is 1. The lowest BCUT2D eigenvalue weighted by atomic mass is 9.85. The number of carbonyl (C=O) groups is 1. The van der Waals surface area contributed by atoms with Crippen molar-refractivity contribution in [2.75, 3.05) is 19.5 Å². The second-order valence-electron chi connectivity index (χ2n) is 6.72. The van der Waals surface area contributed by atoms with Crippen LogP contribution in [0.2, 0.25) is 0 Å². The van der Waals surface area contributed by atoms with Crippen LogP contribution in [0, 0.1) is 6.92 Å². The number of hydrogen-bond donors (Lipinski definition) is 2. The summed E-state index contributed by atoms with van der Waals surface area (Å²) in [5.41, 5.74) is 1.03. The Kier molecular flexibility index (Phi) is 4.86. The number of nitrogens with one attached hydrogen (secondary N) is 2. The minimum atomic E-state index is -0.932. The number of carbonyl (C=O) groups excluding carboxylic acids is 1. The fourth-order valence-electron chi connectivity index (χ4n) is 3.37. The zero-order valence-electron chi connectivity index (χ0n) is 15.9. The predicted octanol–water partition coefficient (Wildman–Crippen LogP) is 3.59. The van der Waals surface area contributed by atoms with Crippen LogP contribution in [0.25, 0.3) is 15.8 Å². The van der Waals surface area contributed by atoms with Crippen LogP contribution in [0.15, 0.2) is 23.6 Å². The summed E-state index contributed by atoms with van der Waals surface area (Å²) in [6.07, 6.45) is 3.55. The van der Waals surface area contributed by atoms with E-state index in [-0.39, 0.29) is 5.97 Å². The van der Waals surface area contributed by atoms with E-state index in [4.69, 9.17) is 19.4 Å². The third kappa shape index (κ3) is 3.27. The Labute approximate surface area is 166 Å². The van der Waals surface area contributed by atoms with Crippen LogP contribution in [0.3, 0.4) is 0 Å². The van der Waals surface area contributed by atoms with E-state index in [1.54, 1.807) is 11.3 Å². The van der Waals surface area contributed by atoms with Crippen molar-refractivity contribution >= 4 is 44.7 Å². The molecule has 0 spiro atoms. The van der Waals surface area contributed by atoms with Gasteiger partial charge >= 0.3 is 5.97 Å². The quantitative estimate of drug-likeness (QED) is 0.632. The molecule has 0 bridgehead atoms. The molecule has 1 atom stereocenters. The van der Waals surface area contributed by atoms with E-state index in [2.05, 4.69) is 15.5 Å². The van der Waals surface area contributed by atoms with Crippen molar-refractivity contribution in [2.24, 2.45) is 0 Å². The van der Waals surface area contributed by atoms with Gasteiger partial charge in [0.2, 0.25) is 0 Å². The number of aromatic nitrogens is 4. The largest absolute Gasteiger partial charge is 0.467 e. The van der Waals surface area contributed by atoms with Crippen molar-refractivity contribution in [3.63, 3.8) is 0 Å². The molecular formula is C19H21N5O3S. The first kappa shape index (κ1) is 18.6. The number of nitrogens with zero attached hydrogens (tertiary/aromatic N) is 3. The van der Waals surface area contributed by atoms with Gasteiger partial charge in [-0.15, -0.1) is 11.3 Å². The van der Waals surface area contributed by atoms with Crippen molar-refractivity contribution in [1.82, 2.24) is 20.2 Å². The zero-order valence-corrected chi connectivity index (χ0v) is 16.7. The molecule has 0 amide bonds. The molecule has 0 saturated heterocycles. The van der Waals surface area contributed by atoms with E-state index in [9.17, 15) is 4.79 Å². The number of esters is 1. The molecule has 3 aromatic heterocycles. The third-order valence-corrected chi connectivity index (χ3v) is 5.80. The van der Waals surface area contributed by atoms with Crippen LogP contribution < -0.4 is 5.32 Å². The average molecular weight is 399 g/mol. The molecule has 3 heterocycles. The van der Waals surface area contributed by atoms with Gasteiger partial charge < -0.3 is 14.8 Å². The number of H-pyrrole nitrogens is 1. The van der Waals surface area contributed by atoms with Crippen LogP contribution in [-0.4, -0.2) is 46.0 Å². The molecule has 0 aliphatic heterocycles. The fourth-order valence-corrected chi connectivity index (χ4v) is 4.13. The van der Waals surface area contributed by atoms with Crippen molar-refractivity contribution in [1.29, 1.82) is 0 Å². The Hall–Kier alpha value is -2.78. The molecule has 146 valence electrons. The summed E-state index contributed by atoms with van der Waals surface area (Å²) in [7, 11) is 2.92. The van der Waals surface area contributed by atoms with Crippen molar-refractivity contribution in [2.45, 2.75) is 31.8 Å². The Balaban J connectivity index is 1.68. The van der Waals surface area contributed by atoms with Crippen LogP contribution in [-0.2, 0) is 14.3 Å². The van der Waals surface area contributed by atoms with E-state index in [0.717, 1.165) is 21.5 Å². The Morgan fingerprint density at radius 3 is 2.86 bits per heavy atom. The molecule has 8 nitrogen and oxygen atoms in total. The highest BCUT2D eigenvalue weighted by Crippen LogP contribution is 2.36. The third-order valence-electron chi connectivity index (χ3n) is 4.99. The summed E-state index contributed by atoms with van der Waals surface area (Å²) >= 11 is 1.56. The zero-order chi connectivity index (χ0) is 19.7. The predicted molar refractivity (Wildman–Crippen MR) is 108 cm³/mol. The summed E-state index contributed by atoms with van der Waals surface area (Å²) in [5.74, 6) is 1.72. The lowest BCUT2D eigenvalue weighted by Crippen LogP contribution is -2.42. The van der Waals surface area contributed by atoms with Gasteiger partial charge in [-0.2, -0.15) is 5.10 Å². The topological polar surface area (TPSA) is 102 Å². The number of anilines is 2. The number of aryl methyl sites for hydroxylation is 1. The monoisotopic (exact) mass is 399 g/mol. The fraction of sp³-hybridized carbons (Fsp3) is 0.368. The number of aromatic amines is 1. The highest BCUT2D eigenvalue weighted by molar-refractivity contribution is 7.16. The van der Waals surface area contributed by atoms with Gasteiger partial charge in [0.1, 0.15) is 10.6 Å². The summed E-state index contributed by atoms with van der Waals surface area (Å²) in [6, 6.07) is 3.91. The van der Waals surface area contributed by atoms with E-state index in [1.807, 2.05) is 30.5 Å². The van der Waals surface area contributed by atoms with E-state index < -0.39 is 5.60 Å². The van der Waals surface area contributed by atoms with Crippen LogP contribution in [0.5, 0.6) is 0 Å². The summed E-state index contributed by atoms with van der Waals surface area (Å²) in [6.45, 7) is 1.94. The number of ether oxygens (including phenoxy) is 2. The van der Waals surface area contributed by atoms with Crippen LogP contribution in [0.4, 0.5) is 11.6 Å². The van der Waals surface area contributed by atoms with E-state index in [0.29, 0.717) is 36.7 Å². The van der Waals surface area contributed by atoms with Gasteiger partial charge in [-0.3, -0.25) is 5.10 Å². The number of allylic oxidation sites excluding steroid dienone is 1. The molecule has 2 N–H and O–H groups in total. The van der Waals surface area contributed by atoms with Gasteiger partial charge in [0.25, 0.3) is 0 Å². The molecule has 0 saturated carbocycles. The van der Waals surface area contributed by atoms with Crippen molar-refractivity contribution in [3.8, 4) is 0 Å². The SMILES string of the molecule is COC(=O)C1(OC)CC=C(c2nc(Nc3cc(C)[nH]n3)c3ccsc3n2)CC1. The first-order chi connectivity index (χ1) is 13.5. The maximum atomic E-state index is 12.1. The number of thiophene rings is 1. The minimum absolute atomic E-state index is 0.351. The normalized spacial score (nSPS) is 19.5. The van der Waals surface area contributed by atoms with Gasteiger partial charge in [0.05, 0.1) is 12.5 Å². The molecule has 1 aliphatic carbocycles. The van der Waals surface area contributed by atoms with Crippen molar-refractivity contribution in [3.05, 3.63) is 35.1 Å². The lowest BCUT2D eigenvalue weighted by Gasteiger charge is -2.32. The van der Waals surface area contributed by atoms with Gasteiger partial charge in [0.15, 0.2) is 17.2 Å². The number of rotatable bonds is 5. The van der Waals surface area contributed by atoms with E-state index >= 15 is 0 Å². The van der Waals surface area contributed by atoms with Gasteiger partial charge in [-0.05, 0) is 36.8 Å². The molecule has 3 aromatic rings. The summed E-state index contributed by atoms with van der Waals surface area (Å²) in [5, 5.41) is 13.4. The first-order valence-electron chi connectivity index (χ1n) is 8.92. The summed E-state index contributed by atoms with van der Waals surface area (Å²) < 4.78 is 10.4. The molecule has 4 rings (SSSR count). The molecular weight excluding hydrogens is 378 g/mol. The molecule has 28 heavy (non-hydrogen) atoms. The van der Waals surface area contributed by atoms with Gasteiger partial charge in [-0.25, -0.2) is 14.8 Å². The van der Waals surface area contributed by atoms with E-state index in [1.165, 1.54) is 14.2 Å². The second-order valence-corrected chi connectivity index (χ2v) is 7.61. The van der Waals surface area contributed by atoms with Crippen LogP contribution >= 0.6 is 11.3 Å². The van der Waals surface area contributed by atoms with Gasteiger partial charge in [0, 0.05) is 25.3 Å². The van der Waals surface area contributed by atoms with Gasteiger partial charge in [-0.1, -0.05) is 6.08 Å². The summed E-state index contributed by atoms with van der Waals surface area (Å²) in [4.78, 5) is 22.5. The molecule has 0 radical (unpaired) electrons. The van der Waals surface area contributed by atoms with Crippen LogP contribution in [0.1, 0.15) is 30.8 Å². The maximum absolute atomic E-state index is 12.1. The molecule has 9 heteroatoms. The second kappa shape index (κ2) is 7.33. The maximum Gasteiger partial charge on any atom is 0.338 e. The highest BCUT2D eigenvalue weighted by Gasteiger charge is 2.41. The molecule has 1 aliphatic rings. The average Bonchev–Trinajstić information content (AvgIpc) is 3.36. The standard InChI is InChI=1S/C19H21N5O3S/c1-11-10-14(24-23-11)20-16-13-6-9-28-17(13)22-15(21-16)12-4-7-19(27-3,8-5-12)18(25)26-2/h4,6,9-10H,5,7-8H2,1-3H3,(H2,20,21,22,23,24). The molecule has 1 unspecified atom stereocenters. The Morgan fingerprint density at radius 1 is 1.36 bits per heavy atom. The minimum Gasteiger partial charge on any atom is -0.467 e. The number of methoxy groups -OCH3 is 2. The Bertz CT molecular complexity index is 1060. The molecule has 0 fully saturated rings. The lowest BCUT2D eigenvalue weighted by molar-refractivity contribution is -0.166. The number of hydrogen-bond acceptors (Lipinski definition) is 8. The Morgan fingerprint density at radius 2 is 2.21 bits per heavy atom. The van der Waals surface area contributed by atoms with Crippen molar-refractivity contribution < 1.29 is 14.3 Å².